The summed E-state index contributed by atoms with van der Waals surface area (Å²) in [6.07, 6.45) is 3.94. The zero-order valence-corrected chi connectivity index (χ0v) is 18.0. The van der Waals surface area contributed by atoms with Crippen molar-refractivity contribution in [2.75, 3.05) is 13.1 Å². The number of benzene rings is 1. The molecule has 28 heavy (non-hydrogen) atoms. The lowest BCUT2D eigenvalue weighted by Gasteiger charge is -2.54. The monoisotopic (exact) mass is 388 g/mol. The second-order valence-corrected chi connectivity index (χ2v) is 9.86. The number of ether oxygens (including phenoxy) is 1. The van der Waals surface area contributed by atoms with Crippen LogP contribution in [0.2, 0.25) is 0 Å². The quantitative estimate of drug-likeness (QED) is 0.664. The fourth-order valence-electron chi connectivity index (χ4n) is 5.07. The van der Waals surface area contributed by atoms with Gasteiger partial charge in [0.1, 0.15) is 11.4 Å². The molecule has 3 N–H and O–H groups in total. The largest absolute Gasteiger partial charge is 0.508 e. The standard InChI is InChI=1S/C23H36N2O3/c1-15-9-10-23(5)19-14-17(26)8-7-16(19)13-18(15)20(23)24-11-6-12-25-21(27)28-22(2,3)4/h7-8,14-15,18,20,24,26H,6,9-13H2,1-5H3,(H,25,27)/t15?,18-,20+,23+/m0/s1. The van der Waals surface area contributed by atoms with Crippen LogP contribution in [0.25, 0.3) is 0 Å². The van der Waals surface area contributed by atoms with E-state index in [4.69, 9.17) is 4.74 Å². The minimum absolute atomic E-state index is 0.0437. The lowest BCUT2D eigenvalue weighted by molar-refractivity contribution is 0.0525. The van der Waals surface area contributed by atoms with E-state index in [-0.39, 0.29) is 11.5 Å². The summed E-state index contributed by atoms with van der Waals surface area (Å²) in [6.45, 7) is 11.8. The zero-order valence-electron chi connectivity index (χ0n) is 18.0. The second kappa shape index (κ2) is 7.94. The van der Waals surface area contributed by atoms with Crippen LogP contribution in [0.5, 0.6) is 5.75 Å². The average Bonchev–Trinajstić information content (AvgIpc) is 2.59. The third kappa shape index (κ3) is 4.45. The van der Waals surface area contributed by atoms with Crippen LogP contribution in [-0.4, -0.2) is 35.9 Å². The maximum Gasteiger partial charge on any atom is 0.407 e. The Hall–Kier alpha value is -1.75. The van der Waals surface area contributed by atoms with Gasteiger partial charge in [-0.1, -0.05) is 19.9 Å². The molecule has 156 valence electrons. The molecule has 0 aliphatic heterocycles. The lowest BCUT2D eigenvalue weighted by atomic mass is 9.54. The van der Waals surface area contributed by atoms with E-state index >= 15 is 0 Å². The molecular weight excluding hydrogens is 352 g/mol. The molecule has 0 spiro atoms. The third-order valence-corrected chi connectivity index (χ3v) is 6.51. The number of carbonyl (C=O) groups is 1. The van der Waals surface area contributed by atoms with Crippen LogP contribution in [0.4, 0.5) is 4.79 Å². The van der Waals surface area contributed by atoms with Crippen molar-refractivity contribution in [1.29, 1.82) is 0 Å². The summed E-state index contributed by atoms with van der Waals surface area (Å²) in [5, 5.41) is 16.7. The van der Waals surface area contributed by atoms with Crippen LogP contribution >= 0.6 is 0 Å². The van der Waals surface area contributed by atoms with Crippen LogP contribution in [0.3, 0.4) is 0 Å². The van der Waals surface area contributed by atoms with Crippen LogP contribution in [0.15, 0.2) is 18.2 Å². The molecule has 1 aromatic rings. The Bertz CT molecular complexity index is 712. The van der Waals surface area contributed by atoms with E-state index in [1.807, 2.05) is 32.9 Å². The van der Waals surface area contributed by atoms with Crippen molar-refractivity contribution >= 4 is 6.09 Å². The van der Waals surface area contributed by atoms with Crippen molar-refractivity contribution in [2.24, 2.45) is 11.8 Å². The molecule has 0 radical (unpaired) electrons. The first-order valence-electron chi connectivity index (χ1n) is 10.6. The molecule has 1 unspecified atom stereocenters. The van der Waals surface area contributed by atoms with E-state index in [9.17, 15) is 9.90 Å². The summed E-state index contributed by atoms with van der Waals surface area (Å²) in [5.74, 6) is 1.65. The highest BCUT2D eigenvalue weighted by Crippen LogP contribution is 2.51. The Morgan fingerprint density at radius 3 is 2.79 bits per heavy atom. The van der Waals surface area contributed by atoms with Crippen LogP contribution < -0.4 is 10.6 Å². The number of alkyl carbamates (subject to hydrolysis) is 1. The number of carbonyl (C=O) groups excluding carboxylic acids is 1. The highest BCUT2D eigenvalue weighted by Gasteiger charge is 2.49. The Morgan fingerprint density at radius 2 is 2.07 bits per heavy atom. The molecule has 0 heterocycles. The highest BCUT2D eigenvalue weighted by molar-refractivity contribution is 5.67. The number of nitrogens with one attached hydrogen (secondary N) is 2. The minimum atomic E-state index is -0.467. The van der Waals surface area contributed by atoms with E-state index in [1.54, 1.807) is 0 Å². The first-order chi connectivity index (χ1) is 13.1. The maximum absolute atomic E-state index is 11.8. The molecule has 1 amide bonds. The summed E-state index contributed by atoms with van der Waals surface area (Å²) in [4.78, 5) is 11.8. The van der Waals surface area contributed by atoms with Crippen LogP contribution in [0.1, 0.15) is 65.0 Å². The van der Waals surface area contributed by atoms with Crippen molar-refractivity contribution in [2.45, 2.75) is 77.4 Å². The average molecular weight is 389 g/mol. The topological polar surface area (TPSA) is 70.6 Å². The van der Waals surface area contributed by atoms with Gasteiger partial charge in [0.05, 0.1) is 0 Å². The minimum Gasteiger partial charge on any atom is -0.508 e. The predicted octanol–water partition coefficient (Wildman–Crippen LogP) is 4.13. The fraction of sp³-hybridized carbons (Fsp3) is 0.696. The van der Waals surface area contributed by atoms with Gasteiger partial charge in [-0.15, -0.1) is 0 Å². The predicted molar refractivity (Wildman–Crippen MR) is 112 cm³/mol. The summed E-state index contributed by atoms with van der Waals surface area (Å²) in [5.41, 5.74) is 2.27. The van der Waals surface area contributed by atoms with Gasteiger partial charge >= 0.3 is 6.09 Å². The lowest BCUT2D eigenvalue weighted by Crippen LogP contribution is -2.59. The SMILES string of the molecule is CC1CC[C@]2(C)c3cc(O)ccc3C[C@@H]1[C@H]2NCCCNC(=O)OC(C)(C)C. The number of hydrogen-bond acceptors (Lipinski definition) is 4. The smallest absolute Gasteiger partial charge is 0.407 e. The van der Waals surface area contributed by atoms with Gasteiger partial charge in [-0.2, -0.15) is 0 Å². The van der Waals surface area contributed by atoms with Gasteiger partial charge in [-0.25, -0.2) is 4.79 Å². The number of rotatable bonds is 5. The summed E-state index contributed by atoms with van der Waals surface area (Å²) in [6, 6.07) is 6.29. The number of phenols is 1. The van der Waals surface area contributed by atoms with Crippen LogP contribution in [0, 0.1) is 11.8 Å². The Kier molecular flexibility index (Phi) is 5.95. The normalized spacial score (nSPS) is 29.1. The first kappa shape index (κ1) is 21.0. The fourth-order valence-corrected chi connectivity index (χ4v) is 5.07. The van der Waals surface area contributed by atoms with E-state index in [1.165, 1.54) is 17.5 Å². The molecule has 1 aromatic carbocycles. The molecule has 1 saturated carbocycles. The molecule has 4 atom stereocenters. The summed E-state index contributed by atoms with van der Waals surface area (Å²) in [7, 11) is 0. The van der Waals surface area contributed by atoms with E-state index in [0.717, 1.165) is 25.8 Å². The number of hydrogen-bond donors (Lipinski definition) is 3. The molecule has 0 aromatic heterocycles. The van der Waals surface area contributed by atoms with E-state index in [2.05, 4.69) is 30.5 Å². The van der Waals surface area contributed by atoms with Crippen molar-refractivity contribution < 1.29 is 14.6 Å². The van der Waals surface area contributed by atoms with Crippen LogP contribution in [-0.2, 0) is 16.6 Å². The molecule has 0 saturated heterocycles. The van der Waals surface area contributed by atoms with Gasteiger partial charge < -0.3 is 20.5 Å². The number of fused-ring (bicyclic) bond motifs is 4. The van der Waals surface area contributed by atoms with Gasteiger partial charge in [-0.3, -0.25) is 0 Å². The molecule has 1 fully saturated rings. The first-order valence-corrected chi connectivity index (χ1v) is 10.6. The van der Waals surface area contributed by atoms with Crippen molar-refractivity contribution in [3.63, 3.8) is 0 Å². The van der Waals surface area contributed by atoms with E-state index in [0.29, 0.717) is 30.2 Å². The van der Waals surface area contributed by atoms with Gasteiger partial charge in [-0.05, 0) is 88.1 Å². The number of aromatic hydroxyl groups is 1. The second-order valence-electron chi connectivity index (χ2n) is 9.86. The van der Waals surface area contributed by atoms with Gasteiger partial charge in [0, 0.05) is 18.0 Å². The molecule has 5 heteroatoms. The van der Waals surface area contributed by atoms with Crippen molar-refractivity contribution in [3.8, 4) is 5.75 Å². The zero-order chi connectivity index (χ0) is 20.5. The van der Waals surface area contributed by atoms with Gasteiger partial charge in [0.25, 0.3) is 0 Å². The van der Waals surface area contributed by atoms with E-state index < -0.39 is 5.60 Å². The molecule has 5 nitrogen and oxygen atoms in total. The Balaban J connectivity index is 1.60. The molecular formula is C23H36N2O3. The molecule has 2 aliphatic carbocycles. The maximum atomic E-state index is 11.8. The van der Waals surface area contributed by atoms with Gasteiger partial charge in [0.2, 0.25) is 0 Å². The summed E-state index contributed by atoms with van der Waals surface area (Å²) < 4.78 is 5.28. The Labute approximate surface area is 169 Å². The highest BCUT2D eigenvalue weighted by atomic mass is 16.6. The van der Waals surface area contributed by atoms with Gasteiger partial charge in [0.15, 0.2) is 0 Å². The third-order valence-electron chi connectivity index (χ3n) is 6.51. The molecule has 2 aliphatic rings. The molecule has 2 bridgehead atoms. The van der Waals surface area contributed by atoms with Crippen molar-refractivity contribution in [3.05, 3.63) is 29.3 Å². The Morgan fingerprint density at radius 1 is 1.32 bits per heavy atom. The van der Waals surface area contributed by atoms with Crippen molar-refractivity contribution in [1.82, 2.24) is 10.6 Å². The number of amides is 1. The number of phenolic OH excluding ortho intramolecular Hbond substituents is 1. The summed E-state index contributed by atoms with van der Waals surface area (Å²) >= 11 is 0. The molecule has 3 rings (SSSR count).